The van der Waals surface area contributed by atoms with E-state index in [1.165, 1.54) is 0 Å². The average molecular weight is 215 g/mol. The van der Waals surface area contributed by atoms with Gasteiger partial charge in [0.2, 0.25) is 0 Å². The summed E-state index contributed by atoms with van der Waals surface area (Å²) in [6.07, 6.45) is 3.53. The molecule has 0 aromatic heterocycles. The number of nitrogens with zero attached hydrogens (tertiary/aromatic N) is 1. The molecule has 0 aliphatic rings. The summed E-state index contributed by atoms with van der Waals surface area (Å²) in [5.74, 6) is 0. The van der Waals surface area contributed by atoms with E-state index in [2.05, 4.69) is 18.5 Å². The van der Waals surface area contributed by atoms with Gasteiger partial charge in [-0.05, 0) is 0 Å². The molecule has 10 heavy (non-hydrogen) atoms. The summed E-state index contributed by atoms with van der Waals surface area (Å²) in [6, 6.07) is 0. The smallest absolute Gasteiger partial charge is 1.00 e. The molecule has 0 aromatic carbocycles. The fraction of sp³-hybridized carbons (Fsp3) is 0.333. The third-order valence-corrected chi connectivity index (χ3v) is 0.516. The van der Waals surface area contributed by atoms with Crippen LogP contribution in [-0.4, -0.2) is 13.1 Å². The number of halogens is 2. The van der Waals surface area contributed by atoms with Crippen molar-refractivity contribution in [2.75, 3.05) is 13.1 Å². The van der Waals surface area contributed by atoms with Crippen molar-refractivity contribution >= 4 is 0 Å². The minimum atomic E-state index is 0. The van der Waals surface area contributed by atoms with Gasteiger partial charge in [0.15, 0.2) is 0 Å². The largest absolute Gasteiger partial charge is 3.00 e. The summed E-state index contributed by atoms with van der Waals surface area (Å²) in [5, 5.41) is 3.97. The van der Waals surface area contributed by atoms with Crippen LogP contribution in [0.1, 0.15) is 0 Å². The maximum Gasteiger partial charge on any atom is 3.00 e. The first-order valence-corrected chi connectivity index (χ1v) is 2.27. The molecular formula is C6H10Cl2NTi. The van der Waals surface area contributed by atoms with E-state index in [1.807, 2.05) is 0 Å². The van der Waals surface area contributed by atoms with Gasteiger partial charge >= 0.3 is 21.7 Å². The standard InChI is InChI=1S/C6H10N.2ClH.Ti/c1-3-5-7-6-4-2;;;/h3-4H,1-2,5-6H2;2*1H;/q-1;;;+3/p-2. The van der Waals surface area contributed by atoms with Crippen molar-refractivity contribution in [1.29, 1.82) is 0 Å². The van der Waals surface area contributed by atoms with Crippen LogP contribution in [0.4, 0.5) is 0 Å². The van der Waals surface area contributed by atoms with Gasteiger partial charge in [0.1, 0.15) is 0 Å². The molecule has 0 rings (SSSR count). The van der Waals surface area contributed by atoms with Crippen molar-refractivity contribution in [3.05, 3.63) is 30.6 Å². The van der Waals surface area contributed by atoms with E-state index in [0.717, 1.165) is 13.1 Å². The van der Waals surface area contributed by atoms with Gasteiger partial charge in [-0.3, -0.25) is 0 Å². The molecule has 1 nitrogen and oxygen atoms in total. The van der Waals surface area contributed by atoms with E-state index in [4.69, 9.17) is 0 Å². The second-order valence-electron chi connectivity index (χ2n) is 1.17. The van der Waals surface area contributed by atoms with Crippen LogP contribution >= 0.6 is 0 Å². The van der Waals surface area contributed by atoms with E-state index >= 15 is 0 Å². The Labute approximate surface area is 90.0 Å². The zero-order valence-electron chi connectivity index (χ0n) is 5.69. The fourth-order valence-corrected chi connectivity index (χ4v) is 0.257. The van der Waals surface area contributed by atoms with E-state index in [1.54, 1.807) is 12.2 Å². The Morgan fingerprint density at radius 1 is 1.00 bits per heavy atom. The van der Waals surface area contributed by atoms with E-state index in [-0.39, 0.29) is 46.5 Å². The third-order valence-electron chi connectivity index (χ3n) is 0.516. The predicted molar refractivity (Wildman–Crippen MR) is 33.5 cm³/mol. The first kappa shape index (κ1) is 22.4. The molecule has 0 aromatic rings. The zero-order chi connectivity index (χ0) is 5.54. The summed E-state index contributed by atoms with van der Waals surface area (Å²) in [7, 11) is 0. The van der Waals surface area contributed by atoms with Gasteiger partial charge in [0.25, 0.3) is 0 Å². The number of hydrogen-bond donors (Lipinski definition) is 0. The van der Waals surface area contributed by atoms with Gasteiger partial charge < -0.3 is 30.1 Å². The molecule has 0 bridgehead atoms. The molecule has 1 radical (unpaired) electrons. The molecule has 0 unspecified atom stereocenters. The molecular weight excluding hydrogens is 205 g/mol. The Morgan fingerprint density at radius 2 is 1.30 bits per heavy atom. The molecule has 0 N–H and O–H groups in total. The van der Waals surface area contributed by atoms with Gasteiger partial charge in [-0.2, -0.15) is 0 Å². The number of hydrogen-bond acceptors (Lipinski definition) is 0. The fourth-order valence-electron chi connectivity index (χ4n) is 0.257. The molecule has 57 valence electrons. The Morgan fingerprint density at radius 3 is 1.50 bits per heavy atom. The van der Waals surface area contributed by atoms with Crippen molar-refractivity contribution < 1.29 is 46.5 Å². The molecule has 0 saturated carbocycles. The molecule has 0 atom stereocenters. The summed E-state index contributed by atoms with van der Waals surface area (Å²) in [5.41, 5.74) is 0. The second kappa shape index (κ2) is 22.6. The van der Waals surface area contributed by atoms with Crippen molar-refractivity contribution in [2.24, 2.45) is 0 Å². The minimum absolute atomic E-state index is 0. The number of rotatable bonds is 4. The van der Waals surface area contributed by atoms with Crippen molar-refractivity contribution in [2.45, 2.75) is 0 Å². The monoisotopic (exact) mass is 214 g/mol. The van der Waals surface area contributed by atoms with Crippen molar-refractivity contribution in [1.82, 2.24) is 0 Å². The van der Waals surface area contributed by atoms with Crippen LogP contribution in [0.3, 0.4) is 0 Å². The normalized spacial score (nSPS) is 5.60. The van der Waals surface area contributed by atoms with Crippen LogP contribution in [0.15, 0.2) is 25.3 Å². The molecule has 0 saturated heterocycles. The first-order valence-electron chi connectivity index (χ1n) is 2.27. The zero-order valence-corrected chi connectivity index (χ0v) is 8.76. The van der Waals surface area contributed by atoms with Gasteiger partial charge in [-0.25, -0.2) is 0 Å². The van der Waals surface area contributed by atoms with Gasteiger partial charge in [0, 0.05) is 0 Å². The quantitative estimate of drug-likeness (QED) is 0.256. The molecule has 0 spiro atoms. The molecule has 0 heterocycles. The molecule has 0 aliphatic heterocycles. The third kappa shape index (κ3) is 23.3. The predicted octanol–water partition coefficient (Wildman–Crippen LogP) is -4.26. The minimum Gasteiger partial charge on any atom is -1.00 e. The Balaban J connectivity index is -0.0000000600. The van der Waals surface area contributed by atoms with Crippen molar-refractivity contribution in [3.63, 3.8) is 0 Å². The molecule has 0 amide bonds. The van der Waals surface area contributed by atoms with E-state index < -0.39 is 0 Å². The molecule has 0 fully saturated rings. The molecule has 0 aliphatic carbocycles. The SMILES string of the molecule is C=CC[N-]CC=C.[Cl-].[Cl-].[Ti+3]. The average Bonchev–Trinajstić information content (AvgIpc) is 1.69. The summed E-state index contributed by atoms with van der Waals surface area (Å²) in [6.45, 7) is 8.49. The topological polar surface area (TPSA) is 14.1 Å². The summed E-state index contributed by atoms with van der Waals surface area (Å²) in [4.78, 5) is 0. The van der Waals surface area contributed by atoms with Gasteiger partial charge in [0.05, 0.1) is 0 Å². The molecule has 4 heteroatoms. The van der Waals surface area contributed by atoms with Crippen LogP contribution < -0.4 is 24.8 Å². The maximum atomic E-state index is 3.97. The van der Waals surface area contributed by atoms with Crippen LogP contribution in [0.25, 0.3) is 5.32 Å². The maximum absolute atomic E-state index is 3.97. The Bertz CT molecular complexity index is 60.8. The van der Waals surface area contributed by atoms with Gasteiger partial charge in [-0.1, -0.05) is 0 Å². The van der Waals surface area contributed by atoms with Crippen LogP contribution in [0.5, 0.6) is 0 Å². The van der Waals surface area contributed by atoms with Crippen molar-refractivity contribution in [3.8, 4) is 0 Å². The first-order chi connectivity index (χ1) is 3.41. The Kier molecular flexibility index (Phi) is 50.7. The second-order valence-corrected chi connectivity index (χ2v) is 1.17. The Hall–Kier alpha value is 0.734. The summed E-state index contributed by atoms with van der Waals surface area (Å²) >= 11 is 0. The van der Waals surface area contributed by atoms with Gasteiger partial charge in [-0.15, -0.1) is 38.4 Å². The van der Waals surface area contributed by atoms with E-state index in [0.29, 0.717) is 0 Å². The van der Waals surface area contributed by atoms with Crippen LogP contribution in [0.2, 0.25) is 0 Å². The summed E-state index contributed by atoms with van der Waals surface area (Å²) < 4.78 is 0. The van der Waals surface area contributed by atoms with Crippen LogP contribution in [0, 0.1) is 0 Å². The van der Waals surface area contributed by atoms with Crippen LogP contribution in [-0.2, 0) is 21.7 Å². The van der Waals surface area contributed by atoms with E-state index in [9.17, 15) is 0 Å².